The van der Waals surface area contributed by atoms with Crippen molar-refractivity contribution in [1.29, 1.82) is 0 Å². The summed E-state index contributed by atoms with van der Waals surface area (Å²) in [4.78, 5) is 4.55. The van der Waals surface area contributed by atoms with Gasteiger partial charge in [0.2, 0.25) is 0 Å². The average molecular weight is 402 g/mol. The molecule has 1 heterocycles. The molecule has 6 aromatic rings. The van der Waals surface area contributed by atoms with Gasteiger partial charge in [-0.25, -0.2) is 0 Å². The SMILES string of the molecule is CCCCc1noc(-c2ccc(-c3ccc4ccc5cccc6ccc3c4c56)cc2)n1. The molecule has 0 amide bonds. The molecule has 0 aliphatic rings. The van der Waals surface area contributed by atoms with Gasteiger partial charge in [-0.1, -0.05) is 85.2 Å². The summed E-state index contributed by atoms with van der Waals surface area (Å²) >= 11 is 0. The Morgan fingerprint density at radius 1 is 0.710 bits per heavy atom. The number of hydrogen-bond donors (Lipinski definition) is 0. The molecule has 0 spiro atoms. The molecular formula is C28H22N2O. The third-order valence-corrected chi connectivity index (χ3v) is 6.19. The molecule has 0 atom stereocenters. The second kappa shape index (κ2) is 7.21. The summed E-state index contributed by atoms with van der Waals surface area (Å²) in [5.74, 6) is 1.38. The summed E-state index contributed by atoms with van der Waals surface area (Å²) in [6.45, 7) is 2.17. The van der Waals surface area contributed by atoms with Crippen LogP contribution in [-0.4, -0.2) is 10.1 Å². The molecule has 0 radical (unpaired) electrons. The molecule has 3 nitrogen and oxygen atoms in total. The van der Waals surface area contributed by atoms with Crippen molar-refractivity contribution in [1.82, 2.24) is 10.1 Å². The van der Waals surface area contributed by atoms with Crippen LogP contribution in [0.3, 0.4) is 0 Å². The fraction of sp³-hybridized carbons (Fsp3) is 0.143. The maximum Gasteiger partial charge on any atom is 0.257 e. The molecule has 5 aromatic carbocycles. The first kappa shape index (κ1) is 18.1. The van der Waals surface area contributed by atoms with Gasteiger partial charge in [-0.15, -0.1) is 0 Å². The molecule has 0 saturated carbocycles. The zero-order valence-electron chi connectivity index (χ0n) is 17.4. The van der Waals surface area contributed by atoms with Gasteiger partial charge in [-0.3, -0.25) is 0 Å². The minimum absolute atomic E-state index is 0.591. The molecule has 0 unspecified atom stereocenters. The Hall–Kier alpha value is -3.72. The van der Waals surface area contributed by atoms with Gasteiger partial charge in [0, 0.05) is 12.0 Å². The lowest BCUT2D eigenvalue weighted by molar-refractivity contribution is 0.421. The van der Waals surface area contributed by atoms with Gasteiger partial charge in [0.25, 0.3) is 5.89 Å². The molecule has 1 aromatic heterocycles. The van der Waals surface area contributed by atoms with Crippen LogP contribution < -0.4 is 0 Å². The summed E-state index contributed by atoms with van der Waals surface area (Å²) < 4.78 is 5.48. The van der Waals surface area contributed by atoms with Crippen molar-refractivity contribution in [3.05, 3.63) is 84.7 Å². The number of hydrogen-bond acceptors (Lipinski definition) is 3. The summed E-state index contributed by atoms with van der Waals surface area (Å²) in [6.07, 6.45) is 3.06. The molecule has 3 heteroatoms. The molecular weight excluding hydrogens is 380 g/mol. The van der Waals surface area contributed by atoms with E-state index in [0.29, 0.717) is 5.89 Å². The standard InChI is InChI=1S/C28H22N2O/c1-2-3-7-25-29-28(31-30-25)22-12-8-18(9-13-22)23-16-14-21-11-10-19-5-4-6-20-15-17-24(23)27(21)26(19)20/h4-6,8-17H,2-3,7H2,1H3. The van der Waals surface area contributed by atoms with Gasteiger partial charge < -0.3 is 4.52 Å². The maximum atomic E-state index is 5.48. The van der Waals surface area contributed by atoms with Crippen LogP contribution in [0.15, 0.2) is 83.4 Å². The quantitative estimate of drug-likeness (QED) is 0.278. The number of nitrogens with zero attached hydrogens (tertiary/aromatic N) is 2. The van der Waals surface area contributed by atoms with E-state index in [0.717, 1.165) is 30.7 Å². The van der Waals surface area contributed by atoms with Crippen molar-refractivity contribution in [2.24, 2.45) is 0 Å². The Bertz CT molecular complexity index is 1500. The van der Waals surface area contributed by atoms with Crippen molar-refractivity contribution in [3.63, 3.8) is 0 Å². The number of rotatable bonds is 5. The average Bonchev–Trinajstić information content (AvgIpc) is 3.30. The van der Waals surface area contributed by atoms with Gasteiger partial charge in [0.1, 0.15) is 0 Å². The van der Waals surface area contributed by atoms with E-state index in [1.165, 1.54) is 43.4 Å². The molecule has 0 bridgehead atoms. The predicted octanol–water partition coefficient (Wildman–Crippen LogP) is 7.64. The lowest BCUT2D eigenvalue weighted by Gasteiger charge is -2.14. The van der Waals surface area contributed by atoms with Crippen LogP contribution in [0.25, 0.3) is 54.9 Å². The van der Waals surface area contributed by atoms with E-state index >= 15 is 0 Å². The van der Waals surface area contributed by atoms with E-state index in [9.17, 15) is 0 Å². The zero-order valence-corrected chi connectivity index (χ0v) is 17.4. The smallest absolute Gasteiger partial charge is 0.257 e. The van der Waals surface area contributed by atoms with Gasteiger partial charge in [-0.2, -0.15) is 4.98 Å². The maximum absolute atomic E-state index is 5.48. The lowest BCUT2D eigenvalue weighted by Crippen LogP contribution is -1.88. The third-order valence-electron chi connectivity index (χ3n) is 6.19. The summed E-state index contributed by atoms with van der Waals surface area (Å²) in [6, 6.07) is 28.4. The van der Waals surface area contributed by atoms with Gasteiger partial charge in [0.05, 0.1) is 0 Å². The van der Waals surface area contributed by atoms with Crippen molar-refractivity contribution >= 4 is 32.3 Å². The van der Waals surface area contributed by atoms with Crippen LogP contribution >= 0.6 is 0 Å². The highest BCUT2D eigenvalue weighted by Crippen LogP contribution is 2.39. The van der Waals surface area contributed by atoms with E-state index in [1.54, 1.807) is 0 Å². The third kappa shape index (κ3) is 2.97. The van der Waals surface area contributed by atoms with Gasteiger partial charge in [0.15, 0.2) is 5.82 Å². The number of aromatic nitrogens is 2. The van der Waals surface area contributed by atoms with Crippen LogP contribution in [0.5, 0.6) is 0 Å². The first-order chi connectivity index (χ1) is 15.3. The topological polar surface area (TPSA) is 38.9 Å². The Morgan fingerprint density at radius 3 is 2.16 bits per heavy atom. The second-order valence-corrected chi connectivity index (χ2v) is 8.17. The largest absolute Gasteiger partial charge is 0.334 e. The highest BCUT2D eigenvalue weighted by atomic mass is 16.5. The van der Waals surface area contributed by atoms with Gasteiger partial charge in [-0.05, 0) is 62.0 Å². The fourth-order valence-corrected chi connectivity index (χ4v) is 4.59. The van der Waals surface area contributed by atoms with Crippen LogP contribution in [0, 0.1) is 0 Å². The van der Waals surface area contributed by atoms with Crippen LogP contribution in [0.4, 0.5) is 0 Å². The van der Waals surface area contributed by atoms with Crippen molar-refractivity contribution in [2.75, 3.05) is 0 Å². The Morgan fingerprint density at radius 2 is 1.39 bits per heavy atom. The molecule has 0 aliphatic carbocycles. The monoisotopic (exact) mass is 402 g/mol. The van der Waals surface area contributed by atoms with Crippen molar-refractivity contribution < 1.29 is 4.52 Å². The highest BCUT2D eigenvalue weighted by molar-refractivity contribution is 6.25. The minimum atomic E-state index is 0.591. The molecule has 0 aliphatic heterocycles. The number of aryl methyl sites for hydroxylation is 1. The van der Waals surface area contributed by atoms with E-state index in [1.807, 2.05) is 0 Å². The molecule has 0 fully saturated rings. The van der Waals surface area contributed by atoms with Crippen molar-refractivity contribution in [2.45, 2.75) is 26.2 Å². The zero-order chi connectivity index (χ0) is 20.8. The fourth-order valence-electron chi connectivity index (χ4n) is 4.59. The van der Waals surface area contributed by atoms with Gasteiger partial charge >= 0.3 is 0 Å². The summed E-state index contributed by atoms with van der Waals surface area (Å²) in [5, 5.41) is 12.0. The van der Waals surface area contributed by atoms with Crippen LogP contribution in [0.1, 0.15) is 25.6 Å². The molecule has 6 rings (SSSR count). The second-order valence-electron chi connectivity index (χ2n) is 8.17. The van der Waals surface area contributed by atoms with E-state index in [4.69, 9.17) is 4.52 Å². The summed E-state index contributed by atoms with van der Waals surface area (Å²) in [7, 11) is 0. The first-order valence-electron chi connectivity index (χ1n) is 10.9. The van der Waals surface area contributed by atoms with Crippen molar-refractivity contribution in [3.8, 4) is 22.6 Å². The normalized spacial score (nSPS) is 11.8. The molecule has 0 saturated heterocycles. The Balaban J connectivity index is 1.44. The number of unbranched alkanes of at least 4 members (excludes halogenated alkanes) is 1. The first-order valence-corrected chi connectivity index (χ1v) is 10.9. The Labute approximate surface area is 180 Å². The van der Waals surface area contributed by atoms with E-state index < -0.39 is 0 Å². The predicted molar refractivity (Wildman–Crippen MR) is 127 cm³/mol. The number of benzene rings is 5. The molecule has 31 heavy (non-hydrogen) atoms. The minimum Gasteiger partial charge on any atom is -0.334 e. The van der Waals surface area contributed by atoms with E-state index in [2.05, 4.69) is 95.9 Å². The Kier molecular flexibility index (Phi) is 4.20. The molecule has 150 valence electrons. The molecule has 0 N–H and O–H groups in total. The van der Waals surface area contributed by atoms with Crippen LogP contribution in [0.2, 0.25) is 0 Å². The highest BCUT2D eigenvalue weighted by Gasteiger charge is 2.13. The summed E-state index contributed by atoms with van der Waals surface area (Å²) in [5.41, 5.74) is 3.38. The lowest BCUT2D eigenvalue weighted by atomic mass is 9.90. The van der Waals surface area contributed by atoms with Crippen LogP contribution in [-0.2, 0) is 6.42 Å². The van der Waals surface area contributed by atoms with E-state index in [-0.39, 0.29) is 0 Å².